The number of aliphatic hydroxyl groups excluding tert-OH is 1. The Hall–Kier alpha value is -0.770. The zero-order valence-corrected chi connectivity index (χ0v) is 10.3. The van der Waals surface area contributed by atoms with E-state index in [0.29, 0.717) is 5.92 Å². The normalized spacial score (nSPS) is 34.0. The van der Waals surface area contributed by atoms with Crippen LogP contribution < -0.4 is 0 Å². The smallest absolute Gasteiger partial charge is 0.410 e. The Morgan fingerprint density at radius 2 is 2.06 bits per heavy atom. The molecule has 1 amide bonds. The Morgan fingerprint density at radius 1 is 1.38 bits per heavy atom. The Morgan fingerprint density at radius 3 is 2.69 bits per heavy atom. The van der Waals surface area contributed by atoms with E-state index >= 15 is 0 Å². The summed E-state index contributed by atoms with van der Waals surface area (Å²) in [6.45, 7) is 6.34. The van der Waals surface area contributed by atoms with Crippen molar-refractivity contribution in [1.82, 2.24) is 4.90 Å². The van der Waals surface area contributed by atoms with E-state index in [1.54, 1.807) is 4.90 Å². The summed E-state index contributed by atoms with van der Waals surface area (Å²) >= 11 is 0. The third-order valence-electron chi connectivity index (χ3n) is 3.37. The lowest BCUT2D eigenvalue weighted by Crippen LogP contribution is -2.44. The van der Waals surface area contributed by atoms with Gasteiger partial charge in [-0.3, -0.25) is 0 Å². The number of amides is 1. The number of fused-ring (bicyclic) bond motifs is 2. The van der Waals surface area contributed by atoms with Crippen molar-refractivity contribution in [2.45, 2.75) is 57.8 Å². The molecule has 92 valence electrons. The average molecular weight is 227 g/mol. The van der Waals surface area contributed by atoms with Crippen LogP contribution in [0.3, 0.4) is 0 Å². The van der Waals surface area contributed by atoms with E-state index in [1.807, 2.05) is 20.8 Å². The number of carbonyl (C=O) groups excluding carboxylic acids is 1. The summed E-state index contributed by atoms with van der Waals surface area (Å²) in [5, 5.41) is 9.86. The Bertz CT molecular complexity index is 284. The molecule has 0 unspecified atom stereocenters. The Kier molecular flexibility index (Phi) is 2.86. The van der Waals surface area contributed by atoms with Crippen LogP contribution >= 0.6 is 0 Å². The van der Waals surface area contributed by atoms with Crippen molar-refractivity contribution in [3.8, 4) is 0 Å². The highest BCUT2D eigenvalue weighted by Gasteiger charge is 2.44. The third kappa shape index (κ3) is 2.32. The number of hydrogen-bond acceptors (Lipinski definition) is 3. The largest absolute Gasteiger partial charge is 0.444 e. The second-order valence-electron chi connectivity index (χ2n) is 5.95. The molecule has 2 aliphatic rings. The number of likely N-dealkylation sites (tertiary alicyclic amines) is 1. The van der Waals surface area contributed by atoms with Crippen molar-refractivity contribution in [3.05, 3.63) is 0 Å². The van der Waals surface area contributed by atoms with Gasteiger partial charge >= 0.3 is 6.09 Å². The van der Waals surface area contributed by atoms with Gasteiger partial charge in [0.25, 0.3) is 0 Å². The van der Waals surface area contributed by atoms with E-state index in [-0.39, 0.29) is 18.2 Å². The first-order valence-electron chi connectivity index (χ1n) is 6.04. The first-order valence-corrected chi connectivity index (χ1v) is 6.04. The van der Waals surface area contributed by atoms with Crippen molar-refractivity contribution in [3.63, 3.8) is 0 Å². The molecule has 0 radical (unpaired) electrons. The van der Waals surface area contributed by atoms with Crippen LogP contribution in [-0.4, -0.2) is 40.4 Å². The molecule has 1 aliphatic carbocycles. The van der Waals surface area contributed by atoms with Crippen molar-refractivity contribution >= 4 is 6.09 Å². The number of carbonyl (C=O) groups is 1. The highest BCUT2D eigenvalue weighted by molar-refractivity contribution is 5.69. The molecule has 1 saturated carbocycles. The molecule has 0 spiro atoms. The maximum Gasteiger partial charge on any atom is 0.410 e. The fourth-order valence-corrected chi connectivity index (χ4v) is 2.66. The molecular formula is C12H21NO3. The molecule has 1 aliphatic heterocycles. The Balaban J connectivity index is 2.02. The van der Waals surface area contributed by atoms with Gasteiger partial charge in [-0.1, -0.05) is 0 Å². The zero-order chi connectivity index (χ0) is 11.9. The zero-order valence-electron chi connectivity index (χ0n) is 10.3. The first-order chi connectivity index (χ1) is 7.37. The van der Waals surface area contributed by atoms with E-state index in [1.165, 1.54) is 0 Å². The van der Waals surface area contributed by atoms with E-state index in [0.717, 1.165) is 25.8 Å². The summed E-state index contributed by atoms with van der Waals surface area (Å²) in [6.07, 6.45) is 2.12. The maximum atomic E-state index is 11.9. The second-order valence-corrected chi connectivity index (χ2v) is 5.95. The summed E-state index contributed by atoms with van der Waals surface area (Å²) in [6, 6.07) is -0.0198. The molecule has 1 heterocycles. The van der Waals surface area contributed by atoms with Crippen LogP contribution in [0.1, 0.15) is 40.0 Å². The number of nitrogens with zero attached hydrogens (tertiary/aromatic N) is 1. The van der Waals surface area contributed by atoms with Crippen LogP contribution in [0.4, 0.5) is 4.79 Å². The highest BCUT2D eigenvalue weighted by atomic mass is 16.6. The van der Waals surface area contributed by atoms with Crippen LogP contribution in [0, 0.1) is 5.92 Å². The standard InChI is InChI=1S/C12H21NO3/c1-12(2,3)16-11(15)13-7-8-4-5-10(14)9(13)6-8/h8-10,14H,4-7H2,1-3H3/t8-,9-,10+/m0/s1. The molecule has 2 rings (SSSR count). The molecule has 3 atom stereocenters. The fourth-order valence-electron chi connectivity index (χ4n) is 2.66. The molecule has 16 heavy (non-hydrogen) atoms. The molecule has 1 N–H and O–H groups in total. The molecule has 1 saturated heterocycles. The van der Waals surface area contributed by atoms with Crippen LogP contribution in [0.15, 0.2) is 0 Å². The fraction of sp³-hybridized carbons (Fsp3) is 0.917. The predicted octanol–water partition coefficient (Wildman–Crippen LogP) is 1.77. The number of aliphatic hydroxyl groups is 1. The van der Waals surface area contributed by atoms with Gasteiger partial charge in [-0.05, 0) is 46.0 Å². The predicted molar refractivity (Wildman–Crippen MR) is 60.1 cm³/mol. The topological polar surface area (TPSA) is 49.8 Å². The van der Waals surface area contributed by atoms with E-state index in [2.05, 4.69) is 0 Å². The molecule has 4 heteroatoms. The third-order valence-corrected chi connectivity index (χ3v) is 3.37. The van der Waals surface area contributed by atoms with Crippen LogP contribution in [0.25, 0.3) is 0 Å². The van der Waals surface area contributed by atoms with E-state index in [4.69, 9.17) is 4.74 Å². The van der Waals surface area contributed by atoms with Gasteiger partial charge in [0.05, 0.1) is 12.1 Å². The lowest BCUT2D eigenvalue weighted by atomic mass is 9.88. The minimum absolute atomic E-state index is 0.0198. The first kappa shape index (κ1) is 11.7. The van der Waals surface area contributed by atoms with E-state index in [9.17, 15) is 9.90 Å². The summed E-state index contributed by atoms with van der Waals surface area (Å²) in [7, 11) is 0. The SMILES string of the molecule is CC(C)(C)OC(=O)N1C[C@H]2CC[C@@H](O)[C@@H]1C2. The number of ether oxygens (including phenoxy) is 1. The monoisotopic (exact) mass is 227 g/mol. The van der Waals surface area contributed by atoms with Crippen molar-refractivity contribution in [2.24, 2.45) is 5.92 Å². The van der Waals surface area contributed by atoms with Crippen molar-refractivity contribution < 1.29 is 14.6 Å². The van der Waals surface area contributed by atoms with Gasteiger partial charge in [0.2, 0.25) is 0 Å². The molecule has 2 fully saturated rings. The summed E-state index contributed by atoms with van der Waals surface area (Å²) < 4.78 is 5.35. The summed E-state index contributed by atoms with van der Waals surface area (Å²) in [4.78, 5) is 13.7. The summed E-state index contributed by atoms with van der Waals surface area (Å²) in [5.41, 5.74) is -0.460. The summed E-state index contributed by atoms with van der Waals surface area (Å²) in [5.74, 6) is 0.556. The average Bonchev–Trinajstić information content (AvgIpc) is 2.49. The minimum atomic E-state index is -0.460. The van der Waals surface area contributed by atoms with Gasteiger partial charge < -0.3 is 14.7 Å². The van der Waals surface area contributed by atoms with Crippen molar-refractivity contribution in [1.29, 1.82) is 0 Å². The maximum absolute atomic E-state index is 11.9. The van der Waals surface area contributed by atoms with Gasteiger partial charge in [-0.2, -0.15) is 0 Å². The van der Waals surface area contributed by atoms with E-state index < -0.39 is 5.60 Å². The van der Waals surface area contributed by atoms with Crippen LogP contribution in [0.2, 0.25) is 0 Å². The lowest BCUT2D eigenvalue weighted by molar-refractivity contribution is 0.00453. The van der Waals surface area contributed by atoms with Gasteiger partial charge in [-0.25, -0.2) is 4.79 Å². The van der Waals surface area contributed by atoms with Gasteiger partial charge in [-0.15, -0.1) is 0 Å². The Labute approximate surface area is 96.6 Å². The highest BCUT2D eigenvalue weighted by Crippen LogP contribution is 2.36. The number of rotatable bonds is 0. The second kappa shape index (κ2) is 3.91. The van der Waals surface area contributed by atoms with Crippen molar-refractivity contribution in [2.75, 3.05) is 6.54 Å². The molecule has 0 aromatic carbocycles. The van der Waals surface area contributed by atoms with Crippen LogP contribution in [-0.2, 0) is 4.74 Å². The molecule has 0 aromatic heterocycles. The van der Waals surface area contributed by atoms with Crippen LogP contribution in [0.5, 0.6) is 0 Å². The van der Waals surface area contributed by atoms with Gasteiger partial charge in [0, 0.05) is 6.54 Å². The van der Waals surface area contributed by atoms with Gasteiger partial charge in [0.1, 0.15) is 5.60 Å². The lowest BCUT2D eigenvalue weighted by Gasteiger charge is -2.31. The molecular weight excluding hydrogens is 206 g/mol. The molecule has 0 aromatic rings. The molecule has 2 bridgehead atoms. The number of hydrogen-bond donors (Lipinski definition) is 1. The quantitative estimate of drug-likeness (QED) is 0.686. The minimum Gasteiger partial charge on any atom is -0.444 e. The van der Waals surface area contributed by atoms with Gasteiger partial charge in [0.15, 0.2) is 0 Å². The molecule has 4 nitrogen and oxygen atoms in total.